The van der Waals surface area contributed by atoms with Crippen molar-refractivity contribution < 1.29 is 9.53 Å². The van der Waals surface area contributed by atoms with E-state index in [1.54, 1.807) is 18.5 Å². The van der Waals surface area contributed by atoms with Gasteiger partial charge >= 0.3 is 5.97 Å². The number of esters is 1. The van der Waals surface area contributed by atoms with E-state index in [4.69, 9.17) is 4.74 Å². The number of hydrogen-bond donors (Lipinski definition) is 0. The highest BCUT2D eigenvalue weighted by Crippen LogP contribution is 2.08. The molecule has 0 saturated carbocycles. The molecule has 1 heterocycles. The van der Waals surface area contributed by atoms with E-state index in [9.17, 15) is 4.79 Å². The number of hydrogen-bond acceptors (Lipinski definition) is 4. The van der Waals surface area contributed by atoms with Gasteiger partial charge in [-0.15, -0.1) is 0 Å². The summed E-state index contributed by atoms with van der Waals surface area (Å²) in [6.45, 7) is 5.45. The average Bonchev–Trinajstić information content (AvgIpc) is 2.14. The molecule has 1 rings (SSSR count). The maximum absolute atomic E-state index is 11.3. The Hall–Kier alpha value is -1.23. The van der Waals surface area contributed by atoms with Crippen molar-refractivity contribution >= 4 is 28.0 Å². The van der Waals surface area contributed by atoms with Crippen LogP contribution in [0, 0.1) is 0 Å². The van der Waals surface area contributed by atoms with Crippen LogP contribution in [0.15, 0.2) is 23.1 Å². The molecule has 1 aromatic heterocycles. The molecular weight excluding hydrogens is 272 g/mol. The van der Waals surface area contributed by atoms with Crippen LogP contribution in [-0.4, -0.2) is 21.5 Å². The monoisotopic (exact) mass is 284 g/mol. The third-order valence-corrected chi connectivity index (χ3v) is 1.85. The Bertz CT molecular complexity index is 393. The predicted octanol–water partition coefficient (Wildman–Crippen LogP) is 2.59. The van der Waals surface area contributed by atoms with E-state index < -0.39 is 11.6 Å². The van der Waals surface area contributed by atoms with Crippen molar-refractivity contribution in [1.29, 1.82) is 0 Å². The zero-order valence-corrected chi connectivity index (χ0v) is 11.0. The quantitative estimate of drug-likeness (QED) is 0.619. The topological polar surface area (TPSA) is 52.1 Å². The van der Waals surface area contributed by atoms with Crippen molar-refractivity contribution in [2.24, 2.45) is 0 Å². The molecule has 0 atom stereocenters. The Morgan fingerprint density at radius 3 is 2.56 bits per heavy atom. The maximum atomic E-state index is 11.3. The lowest BCUT2D eigenvalue weighted by atomic mass is 10.2. The lowest BCUT2D eigenvalue weighted by Crippen LogP contribution is -2.22. The predicted molar refractivity (Wildman–Crippen MR) is 64.6 cm³/mol. The number of aromatic nitrogens is 2. The molecular formula is C11H13BrN2O2. The van der Waals surface area contributed by atoms with Gasteiger partial charge in [-0.05, 0) is 42.8 Å². The number of rotatable bonds is 2. The molecule has 0 bridgehead atoms. The van der Waals surface area contributed by atoms with Gasteiger partial charge in [-0.1, -0.05) is 0 Å². The Balaban J connectivity index is 2.60. The first-order valence-corrected chi connectivity index (χ1v) is 5.55. The fourth-order valence-corrected chi connectivity index (χ4v) is 1.10. The van der Waals surface area contributed by atoms with E-state index in [-0.39, 0.29) is 0 Å². The number of carbonyl (C=O) groups excluding carboxylic acids is 1. The van der Waals surface area contributed by atoms with E-state index >= 15 is 0 Å². The SMILES string of the molecule is CC(C)(C)OC(=O)/C=C/c1cnc(Br)cn1. The van der Waals surface area contributed by atoms with Crippen LogP contribution >= 0.6 is 15.9 Å². The molecule has 0 amide bonds. The molecule has 4 nitrogen and oxygen atoms in total. The minimum absolute atomic E-state index is 0.391. The summed E-state index contributed by atoms with van der Waals surface area (Å²) < 4.78 is 5.75. The molecule has 0 aliphatic heterocycles. The zero-order valence-electron chi connectivity index (χ0n) is 9.40. The number of ether oxygens (including phenoxy) is 1. The summed E-state index contributed by atoms with van der Waals surface area (Å²) in [4.78, 5) is 19.4. The van der Waals surface area contributed by atoms with Crippen LogP contribution in [0.4, 0.5) is 0 Å². The van der Waals surface area contributed by atoms with Gasteiger partial charge in [0.25, 0.3) is 0 Å². The Kier molecular flexibility index (Phi) is 4.18. The number of carbonyl (C=O) groups is 1. The van der Waals surface area contributed by atoms with E-state index in [0.29, 0.717) is 10.3 Å². The third-order valence-electron chi connectivity index (χ3n) is 1.44. The Morgan fingerprint density at radius 2 is 2.06 bits per heavy atom. The standard InChI is InChI=1S/C11H13BrN2O2/c1-11(2,3)16-10(15)5-4-8-6-14-9(12)7-13-8/h4-7H,1-3H3/b5-4+. The van der Waals surface area contributed by atoms with Crippen molar-refractivity contribution in [3.05, 3.63) is 28.8 Å². The van der Waals surface area contributed by atoms with Gasteiger partial charge < -0.3 is 4.74 Å². The summed E-state index contributed by atoms with van der Waals surface area (Å²) in [5.41, 5.74) is 0.126. The minimum atomic E-state index is -0.479. The van der Waals surface area contributed by atoms with Gasteiger partial charge in [-0.3, -0.25) is 4.98 Å². The van der Waals surface area contributed by atoms with Crippen molar-refractivity contribution in [1.82, 2.24) is 9.97 Å². The van der Waals surface area contributed by atoms with E-state index in [1.165, 1.54) is 6.08 Å². The summed E-state index contributed by atoms with van der Waals surface area (Å²) >= 11 is 3.18. The van der Waals surface area contributed by atoms with Crippen LogP contribution in [0.3, 0.4) is 0 Å². The molecule has 0 fully saturated rings. The highest BCUT2D eigenvalue weighted by Gasteiger charge is 2.13. The average molecular weight is 285 g/mol. The first kappa shape index (κ1) is 12.8. The molecule has 16 heavy (non-hydrogen) atoms. The molecule has 0 radical (unpaired) electrons. The normalized spacial score (nSPS) is 11.8. The Labute approximate surface area is 103 Å². The van der Waals surface area contributed by atoms with Gasteiger partial charge in [-0.2, -0.15) is 0 Å². The first-order valence-electron chi connectivity index (χ1n) is 4.75. The molecule has 86 valence electrons. The molecule has 0 unspecified atom stereocenters. The summed E-state index contributed by atoms with van der Waals surface area (Å²) in [5, 5.41) is 0. The minimum Gasteiger partial charge on any atom is -0.457 e. The molecule has 0 saturated heterocycles. The fraction of sp³-hybridized carbons (Fsp3) is 0.364. The van der Waals surface area contributed by atoms with Gasteiger partial charge in [0.1, 0.15) is 10.2 Å². The van der Waals surface area contributed by atoms with Crippen LogP contribution in [0.5, 0.6) is 0 Å². The Morgan fingerprint density at radius 1 is 1.38 bits per heavy atom. The highest BCUT2D eigenvalue weighted by molar-refractivity contribution is 9.10. The zero-order chi connectivity index (χ0) is 12.2. The van der Waals surface area contributed by atoms with Crippen LogP contribution in [-0.2, 0) is 9.53 Å². The van der Waals surface area contributed by atoms with Gasteiger partial charge in [0.05, 0.1) is 18.1 Å². The second-order valence-electron chi connectivity index (χ2n) is 4.13. The van der Waals surface area contributed by atoms with Crippen LogP contribution < -0.4 is 0 Å². The number of halogens is 1. The van der Waals surface area contributed by atoms with Gasteiger partial charge in [0.15, 0.2) is 0 Å². The van der Waals surface area contributed by atoms with Crippen LogP contribution in [0.25, 0.3) is 6.08 Å². The summed E-state index contributed by atoms with van der Waals surface area (Å²) in [6, 6.07) is 0. The largest absolute Gasteiger partial charge is 0.457 e. The van der Waals surface area contributed by atoms with Crippen LogP contribution in [0.2, 0.25) is 0 Å². The summed E-state index contributed by atoms with van der Waals surface area (Å²) in [6.07, 6.45) is 6.02. The van der Waals surface area contributed by atoms with Gasteiger partial charge in [0.2, 0.25) is 0 Å². The van der Waals surface area contributed by atoms with Gasteiger partial charge in [0, 0.05) is 6.08 Å². The lowest BCUT2D eigenvalue weighted by Gasteiger charge is -2.17. The maximum Gasteiger partial charge on any atom is 0.331 e. The summed E-state index contributed by atoms with van der Waals surface area (Å²) in [5.74, 6) is -0.391. The highest BCUT2D eigenvalue weighted by atomic mass is 79.9. The summed E-state index contributed by atoms with van der Waals surface area (Å²) in [7, 11) is 0. The van der Waals surface area contributed by atoms with E-state index in [1.807, 2.05) is 20.8 Å². The third kappa shape index (κ3) is 5.02. The van der Waals surface area contributed by atoms with Crippen molar-refractivity contribution in [3.8, 4) is 0 Å². The number of nitrogens with zero attached hydrogens (tertiary/aromatic N) is 2. The molecule has 0 spiro atoms. The van der Waals surface area contributed by atoms with Gasteiger partial charge in [-0.25, -0.2) is 9.78 Å². The fourth-order valence-electron chi connectivity index (χ4n) is 0.898. The molecule has 0 aliphatic rings. The molecule has 1 aromatic rings. The van der Waals surface area contributed by atoms with Crippen molar-refractivity contribution in [2.45, 2.75) is 26.4 Å². The first-order chi connectivity index (χ1) is 7.37. The lowest BCUT2D eigenvalue weighted by molar-refractivity contribution is -0.148. The molecule has 0 aliphatic carbocycles. The second-order valence-corrected chi connectivity index (χ2v) is 4.94. The molecule has 0 N–H and O–H groups in total. The van der Waals surface area contributed by atoms with Crippen LogP contribution in [0.1, 0.15) is 26.5 Å². The molecule has 5 heteroatoms. The molecule has 0 aromatic carbocycles. The van der Waals surface area contributed by atoms with E-state index in [0.717, 1.165) is 0 Å². The smallest absolute Gasteiger partial charge is 0.331 e. The van der Waals surface area contributed by atoms with E-state index in [2.05, 4.69) is 25.9 Å². The van der Waals surface area contributed by atoms with Crippen molar-refractivity contribution in [3.63, 3.8) is 0 Å². The second kappa shape index (κ2) is 5.21. The van der Waals surface area contributed by atoms with Crippen molar-refractivity contribution in [2.75, 3.05) is 0 Å².